The number of nitrogens with one attached hydrogen (secondary N) is 1. The Morgan fingerprint density at radius 3 is 2.74 bits per heavy atom. The van der Waals surface area contributed by atoms with Crippen molar-refractivity contribution in [1.82, 2.24) is 24.4 Å². The normalized spacial score (nSPS) is 18.7. The van der Waals surface area contributed by atoms with Crippen LogP contribution >= 0.6 is 0 Å². The fourth-order valence-corrected chi connectivity index (χ4v) is 5.40. The average Bonchev–Trinajstić information content (AvgIpc) is 3.76. The molecule has 4 aromatic rings. The first-order valence-corrected chi connectivity index (χ1v) is 13.5. The van der Waals surface area contributed by atoms with Gasteiger partial charge in [0.1, 0.15) is 30.6 Å². The number of hydrogen-bond acceptors (Lipinski definition) is 8. The Morgan fingerprint density at radius 1 is 1.03 bits per heavy atom. The first kappa shape index (κ1) is 23.8. The predicted octanol–water partition coefficient (Wildman–Crippen LogP) is 4.08. The Hall–Kier alpha value is -4.34. The number of methoxy groups -OCH3 is 1. The Balaban J connectivity index is 1.24. The Kier molecular flexibility index (Phi) is 5.94. The zero-order chi connectivity index (χ0) is 26.3. The van der Waals surface area contributed by atoms with Gasteiger partial charge in [0, 0.05) is 42.9 Å². The fourth-order valence-electron chi connectivity index (χ4n) is 5.40. The minimum Gasteiger partial charge on any atom is -0.497 e. The standard InChI is InChI=1S/C29H30N6O4/c1-37-21-7-8-23-22(16-21)32-27(19-6-9-24-25(15-19)39-14-13-38-24)35(23)26-10-11-30-29(33-26)31-20-3-2-12-34(17-20)28(36)18-4-5-18/h6-11,15-16,18,20H,2-5,12-14,17H2,1H3,(H,30,31,33)/t20-/m0/s1. The summed E-state index contributed by atoms with van der Waals surface area (Å²) in [6.45, 7) is 2.56. The van der Waals surface area contributed by atoms with Gasteiger partial charge in [-0.3, -0.25) is 9.36 Å². The number of ether oxygens (including phenoxy) is 3. The second-order valence-corrected chi connectivity index (χ2v) is 10.3. The molecule has 4 heterocycles. The van der Waals surface area contributed by atoms with Crippen molar-refractivity contribution < 1.29 is 19.0 Å². The van der Waals surface area contributed by atoms with Gasteiger partial charge in [-0.2, -0.15) is 4.98 Å². The second kappa shape index (κ2) is 9.76. The van der Waals surface area contributed by atoms with E-state index < -0.39 is 0 Å². The van der Waals surface area contributed by atoms with Crippen molar-refractivity contribution in [1.29, 1.82) is 0 Å². The number of aromatic nitrogens is 4. The molecule has 1 atom stereocenters. The van der Waals surface area contributed by atoms with Crippen LogP contribution in [0, 0.1) is 5.92 Å². The van der Waals surface area contributed by atoms with E-state index >= 15 is 0 Å². The number of imidazole rings is 1. The van der Waals surface area contributed by atoms with Gasteiger partial charge in [0.25, 0.3) is 0 Å². The van der Waals surface area contributed by atoms with Gasteiger partial charge < -0.3 is 24.4 Å². The van der Waals surface area contributed by atoms with Crippen LogP contribution < -0.4 is 19.5 Å². The smallest absolute Gasteiger partial charge is 0.225 e. The van der Waals surface area contributed by atoms with Gasteiger partial charge >= 0.3 is 0 Å². The van der Waals surface area contributed by atoms with E-state index in [1.54, 1.807) is 13.3 Å². The molecule has 1 saturated heterocycles. The molecule has 0 spiro atoms. The highest BCUT2D eigenvalue weighted by Crippen LogP contribution is 2.37. The molecule has 39 heavy (non-hydrogen) atoms. The van der Waals surface area contributed by atoms with Crippen molar-refractivity contribution in [3.05, 3.63) is 48.7 Å². The van der Waals surface area contributed by atoms with Crippen molar-refractivity contribution >= 4 is 22.9 Å². The monoisotopic (exact) mass is 526 g/mol. The van der Waals surface area contributed by atoms with Gasteiger partial charge in [0.05, 0.1) is 18.1 Å². The topological polar surface area (TPSA) is 104 Å². The number of piperidine rings is 1. The summed E-state index contributed by atoms with van der Waals surface area (Å²) in [5, 5.41) is 3.49. The van der Waals surface area contributed by atoms with Gasteiger partial charge in [-0.25, -0.2) is 9.97 Å². The lowest BCUT2D eigenvalue weighted by Gasteiger charge is -2.33. The number of rotatable bonds is 6. The number of benzene rings is 2. The summed E-state index contributed by atoms with van der Waals surface area (Å²) in [7, 11) is 1.65. The van der Waals surface area contributed by atoms with Gasteiger partial charge in [-0.05, 0) is 62.1 Å². The van der Waals surface area contributed by atoms with Crippen molar-refractivity contribution in [2.75, 3.05) is 38.7 Å². The molecule has 1 saturated carbocycles. The maximum atomic E-state index is 12.6. The number of nitrogens with zero attached hydrogens (tertiary/aromatic N) is 5. The number of anilines is 1. The number of carbonyl (C=O) groups is 1. The maximum absolute atomic E-state index is 12.6. The summed E-state index contributed by atoms with van der Waals surface area (Å²) in [5.74, 6) is 4.61. The van der Waals surface area contributed by atoms with Crippen LogP contribution in [-0.2, 0) is 4.79 Å². The molecule has 7 rings (SSSR count). The first-order chi connectivity index (χ1) is 19.2. The van der Waals surface area contributed by atoms with Crippen molar-refractivity contribution in [3.8, 4) is 34.5 Å². The zero-order valence-electron chi connectivity index (χ0n) is 21.8. The summed E-state index contributed by atoms with van der Waals surface area (Å²) in [6.07, 6.45) is 5.74. The summed E-state index contributed by atoms with van der Waals surface area (Å²) < 4.78 is 19.0. The van der Waals surface area contributed by atoms with Gasteiger partial charge in [-0.15, -0.1) is 0 Å². The lowest BCUT2D eigenvalue weighted by molar-refractivity contribution is -0.133. The molecular weight excluding hydrogens is 496 g/mol. The van der Waals surface area contributed by atoms with E-state index in [4.69, 9.17) is 24.2 Å². The van der Waals surface area contributed by atoms with Crippen LogP contribution in [-0.4, -0.2) is 69.8 Å². The third kappa shape index (κ3) is 4.60. The molecule has 0 radical (unpaired) electrons. The molecule has 0 unspecified atom stereocenters. The van der Waals surface area contributed by atoms with Crippen LogP contribution in [0.1, 0.15) is 25.7 Å². The lowest BCUT2D eigenvalue weighted by Crippen LogP contribution is -2.45. The van der Waals surface area contributed by atoms with E-state index in [0.717, 1.165) is 66.1 Å². The Bertz CT molecular complexity index is 1550. The molecule has 10 nitrogen and oxygen atoms in total. The fraction of sp³-hybridized carbons (Fsp3) is 0.379. The van der Waals surface area contributed by atoms with Gasteiger partial charge in [0.15, 0.2) is 11.5 Å². The molecule has 1 N–H and O–H groups in total. The lowest BCUT2D eigenvalue weighted by atomic mass is 10.1. The molecule has 2 aromatic carbocycles. The number of likely N-dealkylation sites (tertiary alicyclic amines) is 1. The SMILES string of the molecule is COc1ccc2c(c1)nc(-c1ccc3c(c1)OCCO3)n2-c1ccnc(N[C@H]2CCCN(C(=O)C3CC3)C2)n1. The third-order valence-electron chi connectivity index (χ3n) is 7.52. The molecule has 0 bridgehead atoms. The molecule has 2 aromatic heterocycles. The zero-order valence-corrected chi connectivity index (χ0v) is 21.8. The van der Waals surface area contributed by atoms with Crippen molar-refractivity contribution in [2.24, 2.45) is 5.92 Å². The van der Waals surface area contributed by atoms with Crippen LogP contribution in [0.3, 0.4) is 0 Å². The summed E-state index contributed by atoms with van der Waals surface area (Å²) >= 11 is 0. The van der Waals surface area contributed by atoms with E-state index in [-0.39, 0.29) is 12.0 Å². The largest absolute Gasteiger partial charge is 0.497 e. The molecule has 10 heteroatoms. The number of carbonyl (C=O) groups excluding carboxylic acids is 1. The van der Waals surface area contributed by atoms with Crippen LogP contribution in [0.2, 0.25) is 0 Å². The van der Waals surface area contributed by atoms with Gasteiger partial charge in [-0.1, -0.05) is 0 Å². The summed E-state index contributed by atoms with van der Waals surface area (Å²) in [4.78, 5) is 29.0. The van der Waals surface area contributed by atoms with E-state index in [1.807, 2.05) is 51.9 Å². The van der Waals surface area contributed by atoms with E-state index in [0.29, 0.717) is 43.2 Å². The van der Waals surface area contributed by atoms with Crippen molar-refractivity contribution in [3.63, 3.8) is 0 Å². The van der Waals surface area contributed by atoms with Crippen LogP contribution in [0.4, 0.5) is 5.95 Å². The molecule has 3 aliphatic rings. The van der Waals surface area contributed by atoms with E-state index in [2.05, 4.69) is 10.3 Å². The third-order valence-corrected chi connectivity index (χ3v) is 7.52. The number of hydrogen-bond donors (Lipinski definition) is 1. The van der Waals surface area contributed by atoms with Crippen molar-refractivity contribution in [2.45, 2.75) is 31.7 Å². The van der Waals surface area contributed by atoms with Crippen LogP contribution in [0.25, 0.3) is 28.2 Å². The molecule has 1 aliphatic carbocycles. The first-order valence-electron chi connectivity index (χ1n) is 13.5. The van der Waals surface area contributed by atoms with Crippen LogP contribution in [0.15, 0.2) is 48.7 Å². The van der Waals surface area contributed by atoms with E-state index in [1.165, 1.54) is 0 Å². The molecule has 200 valence electrons. The summed E-state index contributed by atoms with van der Waals surface area (Å²) in [6, 6.07) is 13.7. The van der Waals surface area contributed by atoms with E-state index in [9.17, 15) is 4.79 Å². The minimum absolute atomic E-state index is 0.109. The molecule has 1 amide bonds. The quantitative estimate of drug-likeness (QED) is 0.401. The number of fused-ring (bicyclic) bond motifs is 2. The summed E-state index contributed by atoms with van der Waals surface area (Å²) in [5.41, 5.74) is 2.56. The highest BCUT2D eigenvalue weighted by Gasteiger charge is 2.35. The Morgan fingerprint density at radius 2 is 1.90 bits per heavy atom. The number of amides is 1. The Labute approximate surface area is 225 Å². The van der Waals surface area contributed by atoms with Crippen LogP contribution in [0.5, 0.6) is 17.2 Å². The van der Waals surface area contributed by atoms with Gasteiger partial charge in [0.2, 0.25) is 11.9 Å². The highest BCUT2D eigenvalue weighted by atomic mass is 16.6. The maximum Gasteiger partial charge on any atom is 0.225 e. The average molecular weight is 527 g/mol. The molecular formula is C29H30N6O4. The molecule has 2 fully saturated rings. The minimum atomic E-state index is 0.109. The molecule has 2 aliphatic heterocycles. The predicted molar refractivity (Wildman–Crippen MR) is 146 cm³/mol. The highest BCUT2D eigenvalue weighted by molar-refractivity contribution is 5.84. The second-order valence-electron chi connectivity index (χ2n) is 10.3.